The molecule has 0 radical (unpaired) electrons. The second-order valence-electron chi connectivity index (χ2n) is 5.09. The van der Waals surface area contributed by atoms with E-state index >= 15 is 0 Å². The first-order valence-corrected chi connectivity index (χ1v) is 7.52. The summed E-state index contributed by atoms with van der Waals surface area (Å²) >= 11 is 6.08. The topological polar surface area (TPSA) is 61.7 Å². The number of aromatic nitrogens is 5. The summed E-state index contributed by atoms with van der Waals surface area (Å²) in [6, 6.07) is -0.0844. The molecule has 1 unspecified atom stereocenters. The van der Waals surface area contributed by atoms with Crippen LogP contribution in [0.2, 0.25) is 0 Å². The highest BCUT2D eigenvalue weighted by atomic mass is 35.5. The first-order valence-electron chi connectivity index (χ1n) is 6.99. The van der Waals surface area contributed by atoms with Crippen molar-refractivity contribution in [3.05, 3.63) is 29.4 Å². The SMILES string of the molecule is CCn1nc(C)c2nc(CCl)n(C(C)c3ncc(C)o3)c21. The number of nitrogens with zero attached hydrogens (tertiary/aromatic N) is 5. The van der Waals surface area contributed by atoms with Crippen molar-refractivity contribution in [3.63, 3.8) is 0 Å². The molecule has 3 aromatic rings. The van der Waals surface area contributed by atoms with Crippen LogP contribution < -0.4 is 0 Å². The Kier molecular flexibility index (Phi) is 3.49. The highest BCUT2D eigenvalue weighted by Gasteiger charge is 2.24. The number of aryl methyl sites for hydroxylation is 3. The van der Waals surface area contributed by atoms with Gasteiger partial charge < -0.3 is 4.42 Å². The molecule has 21 heavy (non-hydrogen) atoms. The number of oxazole rings is 1. The van der Waals surface area contributed by atoms with Crippen LogP contribution >= 0.6 is 11.6 Å². The lowest BCUT2D eigenvalue weighted by Crippen LogP contribution is -2.13. The highest BCUT2D eigenvalue weighted by Crippen LogP contribution is 2.28. The van der Waals surface area contributed by atoms with Crippen LogP contribution in [0.4, 0.5) is 0 Å². The van der Waals surface area contributed by atoms with Gasteiger partial charge in [0, 0.05) is 6.54 Å². The van der Waals surface area contributed by atoms with Crippen molar-refractivity contribution in [2.45, 2.75) is 46.2 Å². The van der Waals surface area contributed by atoms with E-state index in [9.17, 15) is 0 Å². The Bertz CT molecular complexity index is 785. The maximum absolute atomic E-state index is 6.08. The molecule has 1 atom stereocenters. The van der Waals surface area contributed by atoms with Crippen LogP contribution in [-0.2, 0) is 12.4 Å². The fraction of sp³-hybridized carbons (Fsp3) is 0.500. The minimum absolute atomic E-state index is 0.0844. The summed E-state index contributed by atoms with van der Waals surface area (Å²) in [4.78, 5) is 8.96. The molecular weight excluding hydrogens is 290 g/mol. The number of fused-ring (bicyclic) bond motifs is 1. The van der Waals surface area contributed by atoms with E-state index < -0.39 is 0 Å². The van der Waals surface area contributed by atoms with Crippen molar-refractivity contribution in [1.82, 2.24) is 24.3 Å². The largest absolute Gasteiger partial charge is 0.444 e. The second-order valence-corrected chi connectivity index (χ2v) is 5.36. The van der Waals surface area contributed by atoms with Crippen LogP contribution in [0.5, 0.6) is 0 Å². The summed E-state index contributed by atoms with van der Waals surface area (Å²) in [5.74, 6) is 2.58. The molecule has 0 saturated heterocycles. The third-order valence-corrected chi connectivity index (χ3v) is 3.86. The normalized spacial score (nSPS) is 13.2. The zero-order valence-electron chi connectivity index (χ0n) is 12.6. The Balaban J connectivity index is 2.24. The Hall–Kier alpha value is -1.82. The quantitative estimate of drug-likeness (QED) is 0.694. The molecule has 0 aromatic carbocycles. The first-order chi connectivity index (χ1) is 10.1. The lowest BCUT2D eigenvalue weighted by Gasteiger charge is -2.14. The van der Waals surface area contributed by atoms with Gasteiger partial charge in [-0.3, -0.25) is 4.57 Å². The molecular formula is C14H18ClN5O. The first kappa shape index (κ1) is 14.1. The van der Waals surface area contributed by atoms with Gasteiger partial charge in [0.25, 0.3) is 0 Å². The molecule has 0 aliphatic carbocycles. The van der Waals surface area contributed by atoms with Gasteiger partial charge in [-0.2, -0.15) is 5.10 Å². The van der Waals surface area contributed by atoms with Gasteiger partial charge in [0.05, 0.1) is 17.8 Å². The second kappa shape index (κ2) is 5.18. The summed E-state index contributed by atoms with van der Waals surface area (Å²) in [6.45, 7) is 8.71. The third kappa shape index (κ3) is 2.14. The van der Waals surface area contributed by atoms with E-state index in [0.717, 1.165) is 35.0 Å². The van der Waals surface area contributed by atoms with E-state index in [4.69, 9.17) is 16.0 Å². The van der Waals surface area contributed by atoms with Gasteiger partial charge in [-0.05, 0) is 27.7 Å². The van der Waals surface area contributed by atoms with Gasteiger partial charge in [-0.25, -0.2) is 14.6 Å². The lowest BCUT2D eigenvalue weighted by atomic mass is 10.3. The van der Waals surface area contributed by atoms with E-state index in [1.165, 1.54) is 0 Å². The molecule has 0 spiro atoms. The predicted molar refractivity (Wildman–Crippen MR) is 80.5 cm³/mol. The molecule has 112 valence electrons. The average molecular weight is 308 g/mol. The van der Waals surface area contributed by atoms with Gasteiger partial charge >= 0.3 is 0 Å². The molecule has 7 heteroatoms. The van der Waals surface area contributed by atoms with E-state index in [2.05, 4.69) is 26.6 Å². The zero-order valence-corrected chi connectivity index (χ0v) is 13.3. The Morgan fingerprint density at radius 3 is 2.71 bits per heavy atom. The molecule has 0 saturated carbocycles. The Morgan fingerprint density at radius 1 is 1.38 bits per heavy atom. The molecule has 6 nitrogen and oxygen atoms in total. The van der Waals surface area contributed by atoms with E-state index in [1.54, 1.807) is 6.20 Å². The molecule has 3 rings (SSSR count). The fourth-order valence-electron chi connectivity index (χ4n) is 2.63. The number of imidazole rings is 1. The van der Waals surface area contributed by atoms with Crippen LogP contribution in [-0.4, -0.2) is 24.3 Å². The summed E-state index contributed by atoms with van der Waals surface area (Å²) in [7, 11) is 0. The highest BCUT2D eigenvalue weighted by molar-refractivity contribution is 6.16. The van der Waals surface area contributed by atoms with Gasteiger partial charge in [0.2, 0.25) is 5.89 Å². The molecule has 0 amide bonds. The zero-order chi connectivity index (χ0) is 15.1. The van der Waals surface area contributed by atoms with E-state index in [0.29, 0.717) is 11.8 Å². The molecule has 3 heterocycles. The van der Waals surface area contributed by atoms with Crippen molar-refractivity contribution in [2.75, 3.05) is 0 Å². The monoisotopic (exact) mass is 307 g/mol. The summed E-state index contributed by atoms with van der Waals surface area (Å²) in [5, 5.41) is 4.52. The molecule has 0 bridgehead atoms. The lowest BCUT2D eigenvalue weighted by molar-refractivity contribution is 0.412. The van der Waals surface area contributed by atoms with E-state index in [1.807, 2.05) is 25.5 Å². The van der Waals surface area contributed by atoms with Crippen LogP contribution in [0.3, 0.4) is 0 Å². The van der Waals surface area contributed by atoms with Crippen LogP contribution in [0, 0.1) is 13.8 Å². The average Bonchev–Trinajstić information content (AvgIpc) is 3.13. The summed E-state index contributed by atoms with van der Waals surface area (Å²) in [5.41, 5.74) is 2.77. The molecule has 0 aliphatic rings. The number of hydrogen-bond acceptors (Lipinski definition) is 4. The Labute approximate surface area is 127 Å². The Morgan fingerprint density at radius 2 is 2.14 bits per heavy atom. The van der Waals surface area contributed by atoms with Crippen LogP contribution in [0.15, 0.2) is 10.6 Å². The maximum Gasteiger partial charge on any atom is 0.217 e. The number of alkyl halides is 1. The van der Waals surface area contributed by atoms with Gasteiger partial charge in [0.1, 0.15) is 23.1 Å². The van der Waals surface area contributed by atoms with Crippen molar-refractivity contribution in [1.29, 1.82) is 0 Å². The number of rotatable bonds is 4. The van der Waals surface area contributed by atoms with Crippen molar-refractivity contribution in [3.8, 4) is 0 Å². The minimum Gasteiger partial charge on any atom is -0.444 e. The summed E-state index contributed by atoms with van der Waals surface area (Å²) < 4.78 is 9.68. The molecule has 0 N–H and O–H groups in total. The summed E-state index contributed by atoms with van der Waals surface area (Å²) in [6.07, 6.45) is 1.72. The third-order valence-electron chi connectivity index (χ3n) is 3.62. The van der Waals surface area contributed by atoms with Gasteiger partial charge in [0.15, 0.2) is 5.65 Å². The van der Waals surface area contributed by atoms with Crippen molar-refractivity contribution < 1.29 is 4.42 Å². The van der Waals surface area contributed by atoms with E-state index in [-0.39, 0.29) is 6.04 Å². The van der Waals surface area contributed by atoms with Crippen molar-refractivity contribution in [2.24, 2.45) is 0 Å². The van der Waals surface area contributed by atoms with Crippen molar-refractivity contribution >= 4 is 22.8 Å². The number of halogens is 1. The molecule has 3 aromatic heterocycles. The fourth-order valence-corrected chi connectivity index (χ4v) is 2.82. The maximum atomic E-state index is 6.08. The number of hydrogen-bond donors (Lipinski definition) is 0. The van der Waals surface area contributed by atoms with Gasteiger partial charge in [-0.15, -0.1) is 11.6 Å². The van der Waals surface area contributed by atoms with Crippen LogP contribution in [0.25, 0.3) is 11.2 Å². The van der Waals surface area contributed by atoms with Crippen LogP contribution in [0.1, 0.15) is 43.1 Å². The smallest absolute Gasteiger partial charge is 0.217 e. The van der Waals surface area contributed by atoms with Gasteiger partial charge in [-0.1, -0.05) is 0 Å². The standard InChI is InChI=1S/C14H18ClN5O/c1-5-19-14-12(9(3)18-19)17-11(6-15)20(14)10(4)13-16-7-8(2)21-13/h7,10H,5-6H2,1-4H3. The minimum atomic E-state index is -0.0844. The predicted octanol–water partition coefficient (Wildman–Crippen LogP) is 3.21. The molecule has 0 aliphatic heterocycles. The molecule has 0 fully saturated rings.